The number of sulfone groups is 1. The third kappa shape index (κ3) is 3.10. The van der Waals surface area contributed by atoms with Crippen molar-refractivity contribution in [1.29, 1.82) is 0 Å². The van der Waals surface area contributed by atoms with Crippen molar-refractivity contribution in [2.45, 2.75) is 16.9 Å². The second-order valence-corrected chi connectivity index (χ2v) is 6.08. The van der Waals surface area contributed by atoms with E-state index in [-0.39, 0.29) is 0 Å². The molecule has 1 aromatic heterocycles. The maximum atomic E-state index is 12.4. The van der Waals surface area contributed by atoms with Crippen molar-refractivity contribution in [1.82, 2.24) is 10.2 Å². The number of rotatable bonds is 4. The number of nitrogens with one attached hydrogen (secondary N) is 2. The minimum Gasteiger partial charge on any atom is -0.384 e. The molecule has 4 N–H and O–H groups in total. The summed E-state index contributed by atoms with van der Waals surface area (Å²) >= 11 is 0. The molecule has 0 aliphatic carbocycles. The lowest BCUT2D eigenvalue weighted by Crippen LogP contribution is -2.23. The topological polar surface area (TPSA) is 101 Å². The quantitative estimate of drug-likeness (QED) is 0.799. The molecule has 21 heavy (non-hydrogen) atoms. The maximum absolute atomic E-state index is 12.4. The highest BCUT2D eigenvalue weighted by Crippen LogP contribution is 2.30. The Morgan fingerprint density at radius 3 is 2.33 bits per heavy atom. The molecule has 10 heteroatoms. The van der Waals surface area contributed by atoms with E-state index in [0.29, 0.717) is 23.6 Å². The second kappa shape index (κ2) is 5.28. The molecule has 1 heterocycles. The van der Waals surface area contributed by atoms with Gasteiger partial charge in [-0.3, -0.25) is 5.10 Å². The molecular weight excluding hydrogens is 309 g/mol. The predicted molar refractivity (Wildman–Crippen MR) is 70.0 cm³/mol. The zero-order chi connectivity index (χ0) is 15.7. The molecule has 2 aromatic rings. The van der Waals surface area contributed by atoms with Gasteiger partial charge >= 0.3 is 5.51 Å². The van der Waals surface area contributed by atoms with E-state index in [2.05, 4.69) is 15.5 Å². The zero-order valence-corrected chi connectivity index (χ0v) is 11.3. The average Bonchev–Trinajstić information content (AvgIpc) is 2.81. The number of nitrogen functional groups attached to an aromatic ring is 1. The van der Waals surface area contributed by atoms with Crippen molar-refractivity contribution in [3.8, 4) is 0 Å². The van der Waals surface area contributed by atoms with E-state index >= 15 is 0 Å². The van der Waals surface area contributed by atoms with Gasteiger partial charge in [-0.2, -0.15) is 18.3 Å². The highest BCUT2D eigenvalue weighted by atomic mass is 32.2. The number of nitrogens with zero attached hydrogens (tertiary/aromatic N) is 1. The van der Waals surface area contributed by atoms with Crippen LogP contribution < -0.4 is 11.1 Å². The molecule has 0 aliphatic heterocycles. The number of hydrogen-bond donors (Lipinski definition) is 3. The maximum Gasteiger partial charge on any atom is 0.501 e. The van der Waals surface area contributed by atoms with Crippen LogP contribution in [0.15, 0.2) is 35.4 Å². The van der Waals surface area contributed by atoms with Gasteiger partial charge in [-0.1, -0.05) is 0 Å². The van der Waals surface area contributed by atoms with E-state index in [0.717, 1.165) is 12.1 Å². The minimum atomic E-state index is -5.32. The van der Waals surface area contributed by atoms with Crippen LogP contribution >= 0.6 is 0 Å². The number of alkyl halides is 3. The Balaban J connectivity index is 2.11. The van der Waals surface area contributed by atoms with E-state index in [9.17, 15) is 21.6 Å². The number of halogens is 3. The number of anilines is 2. The summed E-state index contributed by atoms with van der Waals surface area (Å²) in [7, 11) is -5.32. The van der Waals surface area contributed by atoms with Gasteiger partial charge in [0.25, 0.3) is 9.84 Å². The first kappa shape index (κ1) is 15.2. The molecule has 0 unspecified atom stereocenters. The van der Waals surface area contributed by atoms with Crippen LogP contribution in [0.4, 0.5) is 24.7 Å². The second-order valence-electron chi connectivity index (χ2n) is 4.14. The summed E-state index contributed by atoms with van der Waals surface area (Å²) in [6.07, 6.45) is 1.50. The van der Waals surface area contributed by atoms with Crippen molar-refractivity contribution < 1.29 is 21.6 Å². The number of hydrogen-bond acceptors (Lipinski definition) is 5. The van der Waals surface area contributed by atoms with Gasteiger partial charge in [-0.05, 0) is 24.3 Å². The van der Waals surface area contributed by atoms with E-state index in [4.69, 9.17) is 5.73 Å². The van der Waals surface area contributed by atoms with Crippen LogP contribution in [0.25, 0.3) is 0 Å². The van der Waals surface area contributed by atoms with Gasteiger partial charge in [0.15, 0.2) is 0 Å². The van der Waals surface area contributed by atoms with Crippen molar-refractivity contribution in [2.24, 2.45) is 0 Å². The normalized spacial score (nSPS) is 12.3. The largest absolute Gasteiger partial charge is 0.501 e. The zero-order valence-electron chi connectivity index (χ0n) is 10.5. The Bertz CT molecular complexity index is 723. The first-order valence-electron chi connectivity index (χ1n) is 5.65. The minimum absolute atomic E-state index is 0.299. The molecular formula is C11H11F3N4O2S. The molecule has 0 bridgehead atoms. The van der Waals surface area contributed by atoms with Gasteiger partial charge in [0.1, 0.15) is 5.82 Å². The molecule has 0 radical (unpaired) electrons. The first-order valence-corrected chi connectivity index (χ1v) is 7.13. The summed E-state index contributed by atoms with van der Waals surface area (Å²) in [4.78, 5) is -0.802. The molecule has 0 amide bonds. The summed E-state index contributed by atoms with van der Waals surface area (Å²) in [5, 5.41) is 9.14. The van der Waals surface area contributed by atoms with Crippen LogP contribution in [-0.2, 0) is 16.4 Å². The number of benzene rings is 1. The Morgan fingerprint density at radius 2 is 1.86 bits per heavy atom. The van der Waals surface area contributed by atoms with Crippen LogP contribution in [0, 0.1) is 0 Å². The van der Waals surface area contributed by atoms with Gasteiger partial charge in [0.2, 0.25) is 0 Å². The van der Waals surface area contributed by atoms with Gasteiger partial charge < -0.3 is 11.1 Å². The standard InChI is InChI=1S/C11H11F3N4O2S/c12-11(13,14)21(19,20)9-3-1-8(2-4-9)16-5-7-6-17-18-10(7)15/h1-4,6,16H,5H2,(H3,15,17,18). The smallest absolute Gasteiger partial charge is 0.384 e. The molecule has 2 rings (SSSR count). The third-order valence-corrected chi connectivity index (χ3v) is 4.21. The third-order valence-electron chi connectivity index (χ3n) is 2.70. The molecule has 0 aliphatic rings. The number of aromatic amines is 1. The number of aromatic nitrogens is 2. The fourth-order valence-corrected chi connectivity index (χ4v) is 2.31. The van der Waals surface area contributed by atoms with E-state index in [1.807, 2.05) is 0 Å². The SMILES string of the molecule is Nc1[nH]ncc1CNc1ccc(S(=O)(=O)C(F)(F)F)cc1. The van der Waals surface area contributed by atoms with Gasteiger partial charge in [-0.15, -0.1) is 0 Å². The van der Waals surface area contributed by atoms with E-state index in [1.54, 1.807) is 0 Å². The summed E-state index contributed by atoms with van der Waals surface area (Å²) < 4.78 is 59.5. The molecule has 0 spiro atoms. The van der Waals surface area contributed by atoms with Crippen molar-refractivity contribution in [3.63, 3.8) is 0 Å². The first-order chi connectivity index (χ1) is 9.72. The molecule has 6 nitrogen and oxygen atoms in total. The monoisotopic (exact) mass is 320 g/mol. The van der Waals surface area contributed by atoms with Crippen LogP contribution in [0.1, 0.15) is 5.56 Å². The van der Waals surface area contributed by atoms with Crippen LogP contribution in [0.2, 0.25) is 0 Å². The van der Waals surface area contributed by atoms with E-state index < -0.39 is 20.2 Å². The number of nitrogens with two attached hydrogens (primary N) is 1. The van der Waals surface area contributed by atoms with Crippen LogP contribution in [-0.4, -0.2) is 24.1 Å². The lowest BCUT2D eigenvalue weighted by molar-refractivity contribution is -0.0436. The van der Waals surface area contributed by atoms with Crippen LogP contribution in [0.5, 0.6) is 0 Å². The Labute approximate surface area is 118 Å². The van der Waals surface area contributed by atoms with Crippen molar-refractivity contribution in [2.75, 3.05) is 11.1 Å². The molecule has 1 aromatic carbocycles. The summed E-state index contributed by atoms with van der Waals surface area (Å²) in [5.41, 5.74) is 1.40. The van der Waals surface area contributed by atoms with Gasteiger partial charge in [-0.25, -0.2) is 8.42 Å². The van der Waals surface area contributed by atoms with E-state index in [1.165, 1.54) is 18.3 Å². The molecule has 0 saturated carbocycles. The molecule has 114 valence electrons. The lowest BCUT2D eigenvalue weighted by atomic mass is 10.3. The highest BCUT2D eigenvalue weighted by molar-refractivity contribution is 7.92. The lowest BCUT2D eigenvalue weighted by Gasteiger charge is -2.09. The fourth-order valence-electron chi connectivity index (χ4n) is 1.54. The molecule has 0 saturated heterocycles. The average molecular weight is 320 g/mol. The van der Waals surface area contributed by atoms with Crippen LogP contribution in [0.3, 0.4) is 0 Å². The Hall–Kier alpha value is -2.23. The summed E-state index contributed by atoms with van der Waals surface area (Å²) in [5.74, 6) is 0.374. The highest BCUT2D eigenvalue weighted by Gasteiger charge is 2.46. The summed E-state index contributed by atoms with van der Waals surface area (Å²) in [6.45, 7) is 0.299. The Kier molecular flexibility index (Phi) is 3.81. The molecule has 0 atom stereocenters. The van der Waals surface area contributed by atoms with Crippen molar-refractivity contribution >= 4 is 21.3 Å². The molecule has 0 fully saturated rings. The Morgan fingerprint density at radius 1 is 1.24 bits per heavy atom. The summed E-state index contributed by atoms with van der Waals surface area (Å²) in [6, 6.07) is 4.28. The van der Waals surface area contributed by atoms with Crippen molar-refractivity contribution in [3.05, 3.63) is 36.0 Å². The predicted octanol–water partition coefficient (Wildman–Crippen LogP) is 1.90. The fraction of sp³-hybridized carbons (Fsp3) is 0.182. The van der Waals surface area contributed by atoms with Gasteiger partial charge in [0, 0.05) is 17.8 Å². The number of H-pyrrole nitrogens is 1. The van der Waals surface area contributed by atoms with Gasteiger partial charge in [0.05, 0.1) is 11.1 Å².